The number of allylic oxidation sites excluding steroid dienone is 2. The van der Waals surface area contributed by atoms with Gasteiger partial charge in [-0.1, -0.05) is 30.2 Å². The van der Waals surface area contributed by atoms with Crippen LogP contribution in [0.4, 0.5) is 0 Å². The summed E-state index contributed by atoms with van der Waals surface area (Å²) in [7, 11) is 0. The minimum Gasteiger partial charge on any atom is -0.354 e. The van der Waals surface area contributed by atoms with Crippen LogP contribution in [0.15, 0.2) is 36.5 Å². The Morgan fingerprint density at radius 1 is 1.81 bits per heavy atom. The smallest absolute Gasteiger partial charge is 0.150 e. The number of rotatable bonds is 4. The molecule has 1 nitrogen and oxygen atoms in total. The monoisotopic (exact) mass is 216 g/mol. The summed E-state index contributed by atoms with van der Waals surface area (Å²) in [6.45, 7) is 12.2. The molecule has 0 bridgehead atoms. The van der Waals surface area contributed by atoms with E-state index in [2.05, 4.69) is 25.2 Å². The van der Waals surface area contributed by atoms with Crippen LogP contribution >= 0.6 is 0 Å². The summed E-state index contributed by atoms with van der Waals surface area (Å²) in [5, 5.41) is 0. The van der Waals surface area contributed by atoms with Gasteiger partial charge >= 0.3 is 0 Å². The van der Waals surface area contributed by atoms with E-state index in [-0.39, 0.29) is 0 Å². The minimum absolute atomic E-state index is 0.421. The minimum atomic E-state index is -0.559. The van der Waals surface area contributed by atoms with Crippen LogP contribution in [-0.4, -0.2) is 12.2 Å². The van der Waals surface area contributed by atoms with E-state index >= 15 is 0 Å². The number of terminal acetylenes is 1. The molecule has 0 heterocycles. The molecule has 0 saturated heterocycles. The van der Waals surface area contributed by atoms with Crippen molar-refractivity contribution in [3.8, 4) is 12.3 Å². The summed E-state index contributed by atoms with van der Waals surface area (Å²) in [4.78, 5) is 0. The van der Waals surface area contributed by atoms with Crippen LogP contribution in [0.5, 0.6) is 0 Å². The maximum absolute atomic E-state index is 5.80. The van der Waals surface area contributed by atoms with Crippen LogP contribution in [0.3, 0.4) is 0 Å². The molecular formula is C15H20O. The van der Waals surface area contributed by atoms with Crippen molar-refractivity contribution in [2.45, 2.75) is 32.3 Å². The van der Waals surface area contributed by atoms with Gasteiger partial charge < -0.3 is 4.74 Å². The highest BCUT2D eigenvalue weighted by Crippen LogP contribution is 2.37. The zero-order valence-corrected chi connectivity index (χ0v) is 10.3. The fraction of sp³-hybridized carbons (Fsp3) is 0.467. The van der Waals surface area contributed by atoms with Gasteiger partial charge in [0.1, 0.15) is 0 Å². The summed E-state index contributed by atoms with van der Waals surface area (Å²) < 4.78 is 5.80. The van der Waals surface area contributed by atoms with Crippen LogP contribution in [-0.2, 0) is 4.74 Å². The second kappa shape index (κ2) is 5.18. The molecule has 16 heavy (non-hydrogen) atoms. The first-order valence-corrected chi connectivity index (χ1v) is 5.61. The zero-order chi connectivity index (χ0) is 12.2. The third kappa shape index (κ3) is 2.46. The van der Waals surface area contributed by atoms with Crippen LogP contribution in [0.1, 0.15) is 26.7 Å². The average molecular weight is 216 g/mol. The lowest BCUT2D eigenvalue weighted by molar-refractivity contribution is 0.0251. The molecule has 0 fully saturated rings. The van der Waals surface area contributed by atoms with E-state index in [0.29, 0.717) is 12.5 Å². The highest BCUT2D eigenvalue weighted by Gasteiger charge is 2.36. The highest BCUT2D eigenvalue weighted by molar-refractivity contribution is 5.32. The Hall–Kier alpha value is -1.26. The Kier molecular flexibility index (Phi) is 4.15. The molecule has 0 saturated carbocycles. The van der Waals surface area contributed by atoms with Crippen molar-refractivity contribution in [3.63, 3.8) is 0 Å². The van der Waals surface area contributed by atoms with E-state index in [1.807, 2.05) is 13.8 Å². The van der Waals surface area contributed by atoms with E-state index in [1.165, 1.54) is 5.57 Å². The molecule has 2 unspecified atom stereocenters. The topological polar surface area (TPSA) is 9.23 Å². The normalized spacial score (nSPS) is 29.1. The maximum atomic E-state index is 5.80. The summed E-state index contributed by atoms with van der Waals surface area (Å²) in [5.74, 6) is 3.23. The molecule has 0 radical (unpaired) electrons. The van der Waals surface area contributed by atoms with Crippen molar-refractivity contribution >= 4 is 0 Å². The SMILES string of the molecule is C#CC1(OCC=C)CC(C(=C)C)CC=C1C. The van der Waals surface area contributed by atoms with E-state index in [9.17, 15) is 0 Å². The summed E-state index contributed by atoms with van der Waals surface area (Å²) in [6, 6.07) is 0. The average Bonchev–Trinajstić information content (AvgIpc) is 2.28. The lowest BCUT2D eigenvalue weighted by Gasteiger charge is -2.37. The standard InChI is InChI=1S/C15H20O/c1-6-10-16-15(7-2)11-14(12(3)4)9-8-13(15)5/h2,6,8,14H,1,3,9-11H2,4-5H3. The number of hydrogen-bond acceptors (Lipinski definition) is 1. The number of hydrogen-bond donors (Lipinski definition) is 0. The van der Waals surface area contributed by atoms with E-state index in [0.717, 1.165) is 18.4 Å². The molecule has 2 atom stereocenters. The van der Waals surface area contributed by atoms with Crippen molar-refractivity contribution in [3.05, 3.63) is 36.5 Å². The summed E-state index contributed by atoms with van der Waals surface area (Å²) >= 11 is 0. The second-order valence-electron chi connectivity index (χ2n) is 4.44. The molecule has 0 aromatic rings. The van der Waals surface area contributed by atoms with Gasteiger partial charge in [0.25, 0.3) is 0 Å². The predicted octanol–water partition coefficient (Wildman–Crippen LogP) is 3.49. The van der Waals surface area contributed by atoms with Crippen LogP contribution in [0, 0.1) is 18.3 Å². The van der Waals surface area contributed by atoms with Crippen LogP contribution in [0.25, 0.3) is 0 Å². The van der Waals surface area contributed by atoms with Crippen molar-refractivity contribution in [1.82, 2.24) is 0 Å². The molecule has 0 amide bonds. The molecule has 0 aromatic carbocycles. The predicted molar refractivity (Wildman–Crippen MR) is 69.0 cm³/mol. The van der Waals surface area contributed by atoms with Gasteiger partial charge in [0, 0.05) is 0 Å². The molecular weight excluding hydrogens is 196 g/mol. The van der Waals surface area contributed by atoms with Gasteiger partial charge in [-0.15, -0.1) is 13.0 Å². The first kappa shape index (κ1) is 12.8. The lowest BCUT2D eigenvalue weighted by atomic mass is 9.76. The molecule has 1 heteroatoms. The Labute approximate surface area is 98.9 Å². The molecule has 1 rings (SSSR count). The first-order chi connectivity index (χ1) is 7.55. The fourth-order valence-corrected chi connectivity index (χ4v) is 2.04. The van der Waals surface area contributed by atoms with E-state index < -0.39 is 5.60 Å². The van der Waals surface area contributed by atoms with E-state index in [4.69, 9.17) is 11.2 Å². The lowest BCUT2D eigenvalue weighted by Crippen LogP contribution is -2.37. The van der Waals surface area contributed by atoms with Crippen LogP contribution in [0.2, 0.25) is 0 Å². The van der Waals surface area contributed by atoms with Crippen molar-refractivity contribution in [2.75, 3.05) is 6.61 Å². The third-order valence-electron chi connectivity index (χ3n) is 3.26. The highest BCUT2D eigenvalue weighted by atomic mass is 16.5. The van der Waals surface area contributed by atoms with Gasteiger partial charge in [-0.25, -0.2) is 0 Å². The van der Waals surface area contributed by atoms with Crippen molar-refractivity contribution < 1.29 is 4.74 Å². The molecule has 0 spiro atoms. The largest absolute Gasteiger partial charge is 0.354 e. The Balaban J connectivity index is 2.94. The second-order valence-corrected chi connectivity index (χ2v) is 4.44. The van der Waals surface area contributed by atoms with Crippen molar-refractivity contribution in [1.29, 1.82) is 0 Å². The summed E-state index contributed by atoms with van der Waals surface area (Å²) in [6.07, 6.45) is 11.4. The fourth-order valence-electron chi connectivity index (χ4n) is 2.04. The molecule has 86 valence electrons. The van der Waals surface area contributed by atoms with Crippen molar-refractivity contribution in [2.24, 2.45) is 5.92 Å². The molecule has 0 aromatic heterocycles. The Morgan fingerprint density at radius 2 is 2.50 bits per heavy atom. The van der Waals surface area contributed by atoms with E-state index in [1.54, 1.807) is 6.08 Å². The van der Waals surface area contributed by atoms with Gasteiger partial charge in [0.15, 0.2) is 5.60 Å². The third-order valence-corrected chi connectivity index (χ3v) is 3.26. The maximum Gasteiger partial charge on any atom is 0.150 e. The van der Waals surface area contributed by atoms with Gasteiger partial charge in [0.05, 0.1) is 6.61 Å². The van der Waals surface area contributed by atoms with Gasteiger partial charge in [-0.2, -0.15) is 0 Å². The zero-order valence-electron chi connectivity index (χ0n) is 10.3. The van der Waals surface area contributed by atoms with Gasteiger partial charge in [-0.3, -0.25) is 0 Å². The number of ether oxygens (including phenoxy) is 1. The quantitative estimate of drug-likeness (QED) is 0.516. The Morgan fingerprint density at radius 3 is 3.00 bits per heavy atom. The van der Waals surface area contributed by atoms with Gasteiger partial charge in [0.2, 0.25) is 0 Å². The van der Waals surface area contributed by atoms with Crippen LogP contribution < -0.4 is 0 Å². The molecule has 0 N–H and O–H groups in total. The molecule has 1 aliphatic carbocycles. The van der Waals surface area contributed by atoms with Gasteiger partial charge in [-0.05, 0) is 38.2 Å². The molecule has 1 aliphatic rings. The molecule has 0 aliphatic heterocycles. The Bertz CT molecular complexity index is 356. The first-order valence-electron chi connectivity index (χ1n) is 5.61. The summed E-state index contributed by atoms with van der Waals surface area (Å²) in [5.41, 5.74) is 1.75.